The molecule has 1 aliphatic rings. The summed E-state index contributed by atoms with van der Waals surface area (Å²) >= 11 is 3.06. The number of hydrogen-bond acceptors (Lipinski definition) is 2. The molecule has 0 amide bonds. The summed E-state index contributed by atoms with van der Waals surface area (Å²) in [6.45, 7) is -2.59. The molecule has 0 spiro atoms. The number of morpholine rings is 1. The van der Waals surface area contributed by atoms with Crippen LogP contribution in [-0.4, -0.2) is 43.0 Å². The highest BCUT2D eigenvalue weighted by Gasteiger charge is 2.07. The molecule has 1 rings (SSSR count). The maximum absolute atomic E-state index is 7.57. The molecular weight excluding hydrogens is 182 g/mol. The first-order valence-corrected chi connectivity index (χ1v) is 3.94. The Hall–Kier alpha value is 0.400. The van der Waals surface area contributed by atoms with Gasteiger partial charge in [0.2, 0.25) is 0 Å². The highest BCUT2D eigenvalue weighted by molar-refractivity contribution is 9.09. The van der Waals surface area contributed by atoms with E-state index in [1.807, 2.05) is 0 Å². The van der Waals surface area contributed by atoms with Crippen LogP contribution in [0.3, 0.4) is 0 Å². The quantitative estimate of drug-likeness (QED) is 0.606. The van der Waals surface area contributed by atoms with Crippen LogP contribution in [0.1, 0.15) is 5.48 Å². The van der Waals surface area contributed by atoms with Gasteiger partial charge < -0.3 is 4.74 Å². The van der Waals surface area contributed by atoms with Crippen LogP contribution in [0.5, 0.6) is 0 Å². The van der Waals surface area contributed by atoms with E-state index in [1.165, 1.54) is 4.90 Å². The summed E-state index contributed by atoms with van der Waals surface area (Å²) in [6, 6.07) is 0. The van der Waals surface area contributed by atoms with Crippen LogP contribution in [0.15, 0.2) is 0 Å². The van der Waals surface area contributed by atoms with Gasteiger partial charge in [0.25, 0.3) is 0 Å². The van der Waals surface area contributed by atoms with E-state index in [2.05, 4.69) is 15.9 Å². The first-order chi connectivity index (χ1) is 5.87. The number of alkyl halides is 1. The molecule has 54 valence electrons. The normalized spacial score (nSPS) is 36.1. The zero-order chi connectivity index (χ0) is 10.1. The standard InChI is InChI=1S/C6H12BrNO/c7-1-2-8-3-5-9-6-4-8/h1-6H2/i2D2,5D2. The highest BCUT2D eigenvalue weighted by atomic mass is 79.9. The molecule has 0 N–H and O–H groups in total. The van der Waals surface area contributed by atoms with Crippen LogP contribution in [0, 0.1) is 0 Å². The van der Waals surface area contributed by atoms with Crippen molar-refractivity contribution < 1.29 is 10.2 Å². The smallest absolute Gasteiger partial charge is 0.0594 e. The summed E-state index contributed by atoms with van der Waals surface area (Å²) in [7, 11) is 0. The maximum Gasteiger partial charge on any atom is 0.0594 e. The van der Waals surface area contributed by atoms with Crippen molar-refractivity contribution in [3.63, 3.8) is 0 Å². The Bertz CT molecular complexity index is 189. The predicted molar refractivity (Wildman–Crippen MR) is 41.1 cm³/mol. The van der Waals surface area contributed by atoms with E-state index < -0.39 is 13.1 Å². The van der Waals surface area contributed by atoms with E-state index in [0.29, 0.717) is 6.54 Å². The van der Waals surface area contributed by atoms with Crippen LogP contribution in [-0.2, 0) is 4.74 Å². The minimum Gasteiger partial charge on any atom is -0.379 e. The number of hydrogen-bond donors (Lipinski definition) is 0. The Morgan fingerprint density at radius 3 is 3.33 bits per heavy atom. The molecule has 9 heavy (non-hydrogen) atoms. The van der Waals surface area contributed by atoms with E-state index in [-0.39, 0.29) is 18.5 Å². The second-order valence-electron chi connectivity index (χ2n) is 1.71. The van der Waals surface area contributed by atoms with Crippen LogP contribution >= 0.6 is 15.9 Å². The molecule has 2 nitrogen and oxygen atoms in total. The van der Waals surface area contributed by atoms with Gasteiger partial charge in [-0.25, -0.2) is 0 Å². The molecule has 1 heterocycles. The molecule has 0 saturated carbocycles. The van der Waals surface area contributed by atoms with Crippen LogP contribution in [0.2, 0.25) is 0 Å². The van der Waals surface area contributed by atoms with Gasteiger partial charge in [-0.15, -0.1) is 0 Å². The van der Waals surface area contributed by atoms with Crippen molar-refractivity contribution in [3.8, 4) is 0 Å². The summed E-state index contributed by atoms with van der Waals surface area (Å²) < 4.78 is 34.6. The molecule has 1 aliphatic heterocycles. The molecule has 0 aromatic carbocycles. The average molecular weight is 198 g/mol. The molecule has 0 unspecified atom stereocenters. The molecule has 0 aromatic rings. The lowest BCUT2D eigenvalue weighted by molar-refractivity contribution is 0.0411. The Morgan fingerprint density at radius 1 is 1.78 bits per heavy atom. The van der Waals surface area contributed by atoms with Crippen molar-refractivity contribution in [1.29, 1.82) is 0 Å². The summed E-state index contributed by atoms with van der Waals surface area (Å²) in [4.78, 5) is 1.45. The number of ether oxygens (including phenoxy) is 1. The molecule has 0 radical (unpaired) electrons. The fraction of sp³-hybridized carbons (Fsp3) is 1.00. The van der Waals surface area contributed by atoms with Gasteiger partial charge in [-0.3, -0.25) is 4.90 Å². The van der Waals surface area contributed by atoms with Gasteiger partial charge in [0.15, 0.2) is 0 Å². The minimum atomic E-state index is -1.73. The molecular formula is C6H12BrNO. The summed E-state index contributed by atoms with van der Waals surface area (Å²) in [5, 5.41) is 0.177. The van der Waals surface area contributed by atoms with Gasteiger partial charge >= 0.3 is 0 Å². The first kappa shape index (κ1) is 3.69. The first-order valence-electron chi connectivity index (χ1n) is 4.82. The second-order valence-corrected chi connectivity index (χ2v) is 2.27. The zero-order valence-corrected chi connectivity index (χ0v) is 6.65. The Labute approximate surface area is 69.9 Å². The molecule has 1 fully saturated rings. The van der Waals surface area contributed by atoms with Crippen LogP contribution in [0.4, 0.5) is 0 Å². The van der Waals surface area contributed by atoms with Crippen molar-refractivity contribution in [2.45, 2.75) is 0 Å². The molecule has 3 heteroatoms. The maximum atomic E-state index is 7.57. The van der Waals surface area contributed by atoms with Crippen molar-refractivity contribution >= 4 is 15.9 Å². The zero-order valence-electron chi connectivity index (χ0n) is 9.06. The van der Waals surface area contributed by atoms with E-state index in [4.69, 9.17) is 10.2 Å². The summed E-state index contributed by atoms with van der Waals surface area (Å²) in [6.07, 6.45) is 0. The largest absolute Gasteiger partial charge is 0.379 e. The summed E-state index contributed by atoms with van der Waals surface area (Å²) in [5.74, 6) is 0. The third-order valence-corrected chi connectivity index (χ3v) is 1.35. The number of rotatable bonds is 2. The second kappa shape index (κ2) is 4.25. The fourth-order valence-electron chi connectivity index (χ4n) is 0.650. The number of halogens is 1. The van der Waals surface area contributed by atoms with Gasteiger partial charge in [-0.05, 0) is 0 Å². The Balaban J connectivity index is 2.61. The molecule has 0 aliphatic carbocycles. The Kier molecular flexibility index (Phi) is 1.75. The third-order valence-electron chi connectivity index (χ3n) is 1.10. The highest BCUT2D eigenvalue weighted by Crippen LogP contribution is 1.96. The van der Waals surface area contributed by atoms with E-state index in [0.717, 1.165) is 0 Å². The number of nitrogens with zero attached hydrogens (tertiary/aromatic N) is 1. The topological polar surface area (TPSA) is 12.5 Å². The van der Waals surface area contributed by atoms with Crippen LogP contribution < -0.4 is 0 Å². The Morgan fingerprint density at radius 2 is 2.67 bits per heavy atom. The SMILES string of the molecule is [2H]C1([2H])CN(C([2H])([2H])CBr)CCO1. The van der Waals surface area contributed by atoms with Gasteiger partial charge in [-0.1, -0.05) is 15.9 Å². The van der Waals surface area contributed by atoms with E-state index >= 15 is 0 Å². The van der Waals surface area contributed by atoms with Gasteiger partial charge in [0.1, 0.15) is 0 Å². The lowest BCUT2D eigenvalue weighted by Crippen LogP contribution is -2.37. The monoisotopic (exact) mass is 197 g/mol. The van der Waals surface area contributed by atoms with Crippen molar-refractivity contribution in [2.75, 3.05) is 38.1 Å². The predicted octanol–water partition coefficient (Wildman–Crippen LogP) is 0.714. The van der Waals surface area contributed by atoms with E-state index in [9.17, 15) is 0 Å². The van der Waals surface area contributed by atoms with Crippen molar-refractivity contribution in [2.24, 2.45) is 0 Å². The van der Waals surface area contributed by atoms with Gasteiger partial charge in [-0.2, -0.15) is 0 Å². The minimum absolute atomic E-state index is 0.0222. The lowest BCUT2D eigenvalue weighted by atomic mass is 10.4. The molecule has 0 atom stereocenters. The van der Waals surface area contributed by atoms with Gasteiger partial charge in [0, 0.05) is 27.7 Å². The van der Waals surface area contributed by atoms with Crippen molar-refractivity contribution in [1.82, 2.24) is 4.90 Å². The van der Waals surface area contributed by atoms with E-state index in [1.54, 1.807) is 0 Å². The van der Waals surface area contributed by atoms with Gasteiger partial charge in [0.05, 0.1) is 15.9 Å². The average Bonchev–Trinajstić information content (AvgIpc) is 2.03. The van der Waals surface area contributed by atoms with Crippen molar-refractivity contribution in [3.05, 3.63) is 0 Å². The molecule has 0 aromatic heterocycles. The third kappa shape index (κ3) is 2.65. The summed E-state index contributed by atoms with van der Waals surface area (Å²) in [5.41, 5.74) is 0. The fourth-order valence-corrected chi connectivity index (χ4v) is 1.00. The van der Waals surface area contributed by atoms with Crippen LogP contribution in [0.25, 0.3) is 0 Å². The lowest BCUT2D eigenvalue weighted by Gasteiger charge is -2.25. The molecule has 1 saturated heterocycles. The molecule has 0 bridgehead atoms.